The largest absolute Gasteiger partial charge is 0.478 e. The van der Waals surface area contributed by atoms with Gasteiger partial charge in [-0.15, -0.1) is 0 Å². The van der Waals surface area contributed by atoms with Crippen molar-refractivity contribution < 1.29 is 23.1 Å². The van der Waals surface area contributed by atoms with Crippen molar-refractivity contribution in [2.75, 3.05) is 0 Å². The molecule has 0 aliphatic heterocycles. The highest BCUT2D eigenvalue weighted by Crippen LogP contribution is 2.32. The van der Waals surface area contributed by atoms with Crippen LogP contribution in [0.15, 0.2) is 36.4 Å². The maximum Gasteiger partial charge on any atom is 0.416 e. The van der Waals surface area contributed by atoms with Gasteiger partial charge in [0, 0.05) is 16.8 Å². The Kier molecular flexibility index (Phi) is 6.70. The fourth-order valence-corrected chi connectivity index (χ4v) is 2.77. The lowest BCUT2D eigenvalue weighted by Crippen LogP contribution is -2.09. The molecule has 0 unspecified atom stereocenters. The van der Waals surface area contributed by atoms with E-state index in [9.17, 15) is 18.0 Å². The molecular formula is C19H20ClF3N2O2. The average molecular weight is 401 g/mol. The lowest BCUT2D eigenvalue weighted by Gasteiger charge is -2.12. The number of carboxylic acids is 1. The topological polar surface area (TPSA) is 55.1 Å². The molecule has 0 bridgehead atoms. The van der Waals surface area contributed by atoms with E-state index in [0.29, 0.717) is 18.4 Å². The van der Waals surface area contributed by atoms with E-state index in [4.69, 9.17) is 16.7 Å². The van der Waals surface area contributed by atoms with Crippen molar-refractivity contribution in [2.24, 2.45) is 0 Å². The number of aromatic nitrogens is 2. The van der Waals surface area contributed by atoms with Crippen molar-refractivity contribution in [1.29, 1.82) is 0 Å². The van der Waals surface area contributed by atoms with E-state index in [1.54, 1.807) is 10.8 Å². The molecule has 1 heterocycles. The first-order chi connectivity index (χ1) is 12.6. The predicted octanol–water partition coefficient (Wildman–Crippen LogP) is 5.30. The van der Waals surface area contributed by atoms with Gasteiger partial charge in [-0.1, -0.05) is 37.6 Å². The Morgan fingerprint density at radius 2 is 2.04 bits per heavy atom. The summed E-state index contributed by atoms with van der Waals surface area (Å²) in [4.78, 5) is 10.5. The molecule has 27 heavy (non-hydrogen) atoms. The normalized spacial score (nSPS) is 12.3. The van der Waals surface area contributed by atoms with Crippen LogP contribution in [-0.4, -0.2) is 20.9 Å². The van der Waals surface area contributed by atoms with Crippen LogP contribution in [0.3, 0.4) is 0 Å². The van der Waals surface area contributed by atoms with E-state index in [2.05, 4.69) is 5.10 Å². The zero-order valence-corrected chi connectivity index (χ0v) is 15.7. The van der Waals surface area contributed by atoms with E-state index < -0.39 is 17.7 Å². The molecular weight excluding hydrogens is 381 g/mol. The number of aryl methyl sites for hydroxylation is 1. The van der Waals surface area contributed by atoms with E-state index in [1.165, 1.54) is 6.07 Å². The molecule has 0 saturated heterocycles. The standard InChI is InChI=1S/C19H20ClF3N2O2/c1-12(2)17-10-15(5-3-4-6-18(26)27)25(24-17)11-13-7-8-14(9-16(13)20)19(21,22)23/h4,6-10,12H,3,5,11H2,1-2H3,(H,26,27)/b6-4+. The fraction of sp³-hybridized carbons (Fsp3) is 0.368. The van der Waals surface area contributed by atoms with Crippen LogP contribution in [0.2, 0.25) is 5.02 Å². The van der Waals surface area contributed by atoms with Crippen molar-refractivity contribution in [2.45, 2.75) is 45.3 Å². The fourth-order valence-electron chi connectivity index (χ4n) is 2.53. The minimum atomic E-state index is -4.44. The van der Waals surface area contributed by atoms with Gasteiger partial charge in [-0.2, -0.15) is 18.3 Å². The molecule has 2 aromatic rings. The third-order valence-electron chi connectivity index (χ3n) is 4.00. The number of nitrogens with zero attached hydrogens (tertiary/aromatic N) is 2. The Hall–Kier alpha value is -2.28. The molecule has 0 aliphatic carbocycles. The molecule has 0 amide bonds. The lowest BCUT2D eigenvalue weighted by molar-refractivity contribution is -0.137. The van der Waals surface area contributed by atoms with Crippen molar-refractivity contribution in [3.63, 3.8) is 0 Å². The van der Waals surface area contributed by atoms with Gasteiger partial charge in [0.05, 0.1) is 17.8 Å². The van der Waals surface area contributed by atoms with Crippen molar-refractivity contribution in [1.82, 2.24) is 9.78 Å². The van der Waals surface area contributed by atoms with Gasteiger partial charge in [-0.25, -0.2) is 4.79 Å². The van der Waals surface area contributed by atoms with Gasteiger partial charge in [0.2, 0.25) is 0 Å². The number of hydrogen-bond donors (Lipinski definition) is 1. The number of allylic oxidation sites excluding steroid dienone is 1. The molecule has 0 atom stereocenters. The molecule has 8 heteroatoms. The van der Waals surface area contributed by atoms with Crippen LogP contribution < -0.4 is 0 Å². The molecule has 0 fully saturated rings. The molecule has 0 radical (unpaired) electrons. The summed E-state index contributed by atoms with van der Waals surface area (Å²) in [5, 5.41) is 13.2. The highest BCUT2D eigenvalue weighted by atomic mass is 35.5. The van der Waals surface area contributed by atoms with Gasteiger partial charge in [0.25, 0.3) is 0 Å². The molecule has 1 aromatic heterocycles. The van der Waals surface area contributed by atoms with Crippen LogP contribution >= 0.6 is 11.6 Å². The lowest BCUT2D eigenvalue weighted by atomic mass is 10.1. The molecule has 0 spiro atoms. The van der Waals surface area contributed by atoms with Crippen LogP contribution in [0.1, 0.15) is 48.7 Å². The quantitative estimate of drug-likeness (QED) is 0.641. The summed E-state index contributed by atoms with van der Waals surface area (Å²) in [6, 6.07) is 5.20. The molecule has 146 valence electrons. The second-order valence-corrected chi connectivity index (χ2v) is 6.86. The molecule has 1 aromatic carbocycles. The summed E-state index contributed by atoms with van der Waals surface area (Å²) in [6.45, 7) is 4.22. The van der Waals surface area contributed by atoms with Crippen LogP contribution in [0.4, 0.5) is 13.2 Å². The molecule has 4 nitrogen and oxygen atoms in total. The van der Waals surface area contributed by atoms with Gasteiger partial charge in [0.15, 0.2) is 0 Å². The maximum absolute atomic E-state index is 12.8. The Labute approximate surface area is 160 Å². The first kappa shape index (κ1) is 21.0. The first-order valence-electron chi connectivity index (χ1n) is 8.39. The van der Waals surface area contributed by atoms with Gasteiger partial charge in [0.1, 0.15) is 0 Å². The predicted molar refractivity (Wildman–Crippen MR) is 97.0 cm³/mol. The SMILES string of the molecule is CC(C)c1cc(CC/C=C/C(=O)O)n(Cc2ccc(C(F)(F)F)cc2Cl)n1. The highest BCUT2D eigenvalue weighted by Gasteiger charge is 2.30. The molecule has 2 rings (SSSR count). The average Bonchev–Trinajstić information content (AvgIpc) is 2.95. The minimum absolute atomic E-state index is 0.0307. The number of aliphatic carboxylic acids is 1. The van der Waals surface area contributed by atoms with E-state index >= 15 is 0 Å². The van der Waals surface area contributed by atoms with Crippen molar-refractivity contribution in [3.05, 3.63) is 64.0 Å². The summed E-state index contributed by atoms with van der Waals surface area (Å²) in [5.74, 6) is -0.828. The molecule has 1 N–H and O–H groups in total. The Balaban J connectivity index is 2.25. The van der Waals surface area contributed by atoms with E-state index in [1.807, 2.05) is 19.9 Å². The highest BCUT2D eigenvalue weighted by molar-refractivity contribution is 6.31. The van der Waals surface area contributed by atoms with Gasteiger partial charge in [-0.3, -0.25) is 4.68 Å². The number of alkyl halides is 3. The first-order valence-corrected chi connectivity index (χ1v) is 8.77. The van der Waals surface area contributed by atoms with Gasteiger partial charge in [-0.05, 0) is 42.5 Å². The number of benzene rings is 1. The van der Waals surface area contributed by atoms with Crippen LogP contribution in [0.25, 0.3) is 0 Å². The summed E-state index contributed by atoms with van der Waals surface area (Å²) in [6.07, 6.45) is -0.741. The number of carbonyl (C=O) groups is 1. The van der Waals surface area contributed by atoms with Crippen molar-refractivity contribution in [3.8, 4) is 0 Å². The third-order valence-corrected chi connectivity index (χ3v) is 4.35. The number of carboxylic acid groups (broad SMARTS) is 1. The van der Waals surface area contributed by atoms with Crippen molar-refractivity contribution >= 4 is 17.6 Å². The second-order valence-electron chi connectivity index (χ2n) is 6.46. The summed E-state index contributed by atoms with van der Waals surface area (Å²) < 4.78 is 40.1. The van der Waals surface area contributed by atoms with Crippen LogP contribution in [0, 0.1) is 0 Å². The Morgan fingerprint density at radius 1 is 1.33 bits per heavy atom. The van der Waals surface area contributed by atoms with E-state index in [0.717, 1.165) is 29.6 Å². The zero-order chi connectivity index (χ0) is 20.2. The van der Waals surface area contributed by atoms with E-state index in [-0.39, 0.29) is 17.5 Å². The maximum atomic E-state index is 12.8. The number of rotatable bonds is 7. The zero-order valence-electron chi connectivity index (χ0n) is 14.9. The summed E-state index contributed by atoms with van der Waals surface area (Å²) >= 11 is 6.05. The smallest absolute Gasteiger partial charge is 0.416 e. The van der Waals surface area contributed by atoms with Gasteiger partial charge >= 0.3 is 12.1 Å². The minimum Gasteiger partial charge on any atom is -0.478 e. The number of halogens is 4. The third kappa shape index (κ3) is 5.85. The Morgan fingerprint density at radius 3 is 2.59 bits per heavy atom. The second kappa shape index (κ2) is 8.61. The monoisotopic (exact) mass is 400 g/mol. The number of hydrogen-bond acceptors (Lipinski definition) is 2. The molecule has 0 aliphatic rings. The summed E-state index contributed by atoms with van der Waals surface area (Å²) in [5.41, 5.74) is 1.46. The molecule has 0 saturated carbocycles. The van der Waals surface area contributed by atoms with Gasteiger partial charge < -0.3 is 5.11 Å². The van der Waals surface area contributed by atoms with Crippen LogP contribution in [-0.2, 0) is 23.9 Å². The summed E-state index contributed by atoms with van der Waals surface area (Å²) in [7, 11) is 0. The Bertz CT molecular complexity index is 842. The van der Waals surface area contributed by atoms with Crippen LogP contribution in [0.5, 0.6) is 0 Å².